The minimum absolute atomic E-state index is 0.146. The number of halogens is 1. The van der Waals surface area contributed by atoms with Crippen molar-refractivity contribution in [3.63, 3.8) is 0 Å². The topological polar surface area (TPSA) is 87.6 Å². The summed E-state index contributed by atoms with van der Waals surface area (Å²) in [6.07, 6.45) is 2.07. The Morgan fingerprint density at radius 2 is 1.86 bits per heavy atom. The molecular weight excluding hydrogens is 393 g/mol. The smallest absolute Gasteiger partial charge is 0.263 e. The number of nitrogens with zero attached hydrogens (tertiary/aromatic N) is 1. The minimum Gasteiger partial charge on any atom is -0.348 e. The van der Waals surface area contributed by atoms with Gasteiger partial charge >= 0.3 is 0 Å². The normalized spacial score (nSPS) is 18.0. The van der Waals surface area contributed by atoms with Crippen LogP contribution < -0.4 is 10.0 Å². The molecule has 0 spiro atoms. The molecule has 154 valence electrons. The van der Waals surface area contributed by atoms with Crippen molar-refractivity contribution in [1.29, 1.82) is 0 Å². The molecule has 0 aliphatic carbocycles. The predicted octanol–water partition coefficient (Wildman–Crippen LogP) is 3.30. The first-order chi connectivity index (χ1) is 13.8. The fourth-order valence-corrected chi connectivity index (χ4v) is 4.49. The fraction of sp³-hybridized carbons (Fsp3) is 0.333. The van der Waals surface area contributed by atoms with Gasteiger partial charge in [0, 0.05) is 11.1 Å². The van der Waals surface area contributed by atoms with Gasteiger partial charge in [0.1, 0.15) is 17.7 Å². The van der Waals surface area contributed by atoms with Crippen LogP contribution in [0.2, 0.25) is 0 Å². The van der Waals surface area contributed by atoms with Crippen LogP contribution in [0.5, 0.6) is 0 Å². The van der Waals surface area contributed by atoms with Crippen molar-refractivity contribution in [3.8, 4) is 0 Å². The molecule has 2 atom stereocenters. The molecule has 0 saturated heterocycles. The van der Waals surface area contributed by atoms with Crippen molar-refractivity contribution in [2.24, 2.45) is 4.99 Å². The monoisotopic (exact) mass is 417 g/mol. The zero-order valence-electron chi connectivity index (χ0n) is 16.4. The highest BCUT2D eigenvalue weighted by molar-refractivity contribution is 7.90. The summed E-state index contributed by atoms with van der Waals surface area (Å²) < 4.78 is 41.0. The number of hydrogen-bond donors (Lipinski definition) is 2. The SMILES string of the molecule is CCCCC(N=C1NS(=O)(=O)c2ccccc21)C(=O)NC(C)c1ccccc1F. The lowest BCUT2D eigenvalue weighted by molar-refractivity contribution is -0.123. The Bertz CT molecular complexity index is 1040. The summed E-state index contributed by atoms with van der Waals surface area (Å²) in [5.74, 6) is -0.602. The largest absolute Gasteiger partial charge is 0.348 e. The van der Waals surface area contributed by atoms with E-state index in [1.54, 1.807) is 43.3 Å². The molecule has 2 aromatic carbocycles. The van der Waals surface area contributed by atoms with Gasteiger partial charge in [-0.3, -0.25) is 14.5 Å². The van der Waals surface area contributed by atoms with E-state index in [4.69, 9.17) is 0 Å². The highest BCUT2D eigenvalue weighted by Gasteiger charge is 2.32. The van der Waals surface area contributed by atoms with E-state index in [-0.39, 0.29) is 16.6 Å². The number of fused-ring (bicyclic) bond motifs is 1. The summed E-state index contributed by atoms with van der Waals surface area (Å²) in [6.45, 7) is 3.70. The van der Waals surface area contributed by atoms with Crippen LogP contribution >= 0.6 is 0 Å². The Labute approximate surface area is 170 Å². The molecule has 2 unspecified atom stereocenters. The molecule has 1 amide bonds. The second-order valence-corrected chi connectivity index (χ2v) is 8.64. The van der Waals surface area contributed by atoms with Crippen molar-refractivity contribution in [2.75, 3.05) is 0 Å². The fourth-order valence-electron chi connectivity index (χ4n) is 3.25. The molecule has 0 bridgehead atoms. The van der Waals surface area contributed by atoms with E-state index in [1.807, 2.05) is 6.92 Å². The molecule has 0 aromatic heterocycles. The molecule has 1 aliphatic heterocycles. The average Bonchev–Trinajstić information content (AvgIpc) is 2.95. The van der Waals surface area contributed by atoms with Crippen molar-refractivity contribution in [1.82, 2.24) is 10.0 Å². The molecule has 8 heteroatoms. The standard InChI is InChI=1S/C21H24FN3O3S/c1-3-4-12-18(21(26)23-14(2)15-9-5-7-11-17(15)22)24-20-16-10-6-8-13-19(16)29(27,28)25-20/h5-11,13-14,18H,3-4,12H2,1-2H3,(H,23,26)(H,24,25). The maximum Gasteiger partial charge on any atom is 0.263 e. The van der Waals surface area contributed by atoms with Crippen molar-refractivity contribution >= 4 is 21.8 Å². The number of nitrogens with one attached hydrogen (secondary N) is 2. The first kappa shape index (κ1) is 21.0. The van der Waals surface area contributed by atoms with E-state index in [0.29, 0.717) is 17.5 Å². The van der Waals surface area contributed by atoms with Gasteiger partial charge in [-0.15, -0.1) is 0 Å². The number of hydrogen-bond acceptors (Lipinski definition) is 4. The third-order valence-corrected chi connectivity index (χ3v) is 6.21. The van der Waals surface area contributed by atoms with E-state index < -0.39 is 27.9 Å². The second-order valence-electron chi connectivity index (χ2n) is 6.99. The van der Waals surface area contributed by atoms with Crippen molar-refractivity contribution < 1.29 is 17.6 Å². The molecule has 29 heavy (non-hydrogen) atoms. The van der Waals surface area contributed by atoms with Crippen LogP contribution in [0.25, 0.3) is 0 Å². The molecule has 6 nitrogen and oxygen atoms in total. The van der Waals surface area contributed by atoms with Gasteiger partial charge < -0.3 is 5.32 Å². The average molecular weight is 418 g/mol. The summed E-state index contributed by atoms with van der Waals surface area (Å²) in [7, 11) is -3.68. The van der Waals surface area contributed by atoms with Gasteiger partial charge in [0.15, 0.2) is 0 Å². The van der Waals surface area contributed by atoms with Gasteiger partial charge in [-0.2, -0.15) is 0 Å². The maximum atomic E-state index is 14.0. The number of carbonyl (C=O) groups excluding carboxylic acids is 1. The molecule has 1 heterocycles. The number of sulfonamides is 1. The number of carbonyl (C=O) groups is 1. The van der Waals surface area contributed by atoms with Gasteiger partial charge in [-0.1, -0.05) is 50.1 Å². The van der Waals surface area contributed by atoms with Gasteiger partial charge in [-0.05, 0) is 31.5 Å². The second kappa shape index (κ2) is 8.73. The van der Waals surface area contributed by atoms with Crippen LogP contribution in [0.4, 0.5) is 4.39 Å². The van der Waals surface area contributed by atoms with E-state index in [0.717, 1.165) is 12.8 Å². The molecule has 2 N–H and O–H groups in total. The van der Waals surface area contributed by atoms with Gasteiger partial charge in [0.2, 0.25) is 5.91 Å². The highest BCUT2D eigenvalue weighted by Crippen LogP contribution is 2.23. The molecule has 0 saturated carbocycles. The number of rotatable bonds is 7. The Morgan fingerprint density at radius 3 is 2.59 bits per heavy atom. The summed E-state index contributed by atoms with van der Waals surface area (Å²) in [6, 6.07) is 11.5. The number of aliphatic imine (C=N–C) groups is 1. The Kier molecular flexibility index (Phi) is 6.32. The van der Waals surface area contributed by atoms with Gasteiger partial charge in [-0.25, -0.2) is 12.8 Å². The Balaban J connectivity index is 1.86. The third kappa shape index (κ3) is 4.64. The minimum atomic E-state index is -3.68. The van der Waals surface area contributed by atoms with Crippen molar-refractivity contribution in [2.45, 2.75) is 50.1 Å². The zero-order chi connectivity index (χ0) is 21.0. The molecule has 0 fully saturated rings. The lowest BCUT2D eigenvalue weighted by Gasteiger charge is -2.19. The van der Waals surface area contributed by atoms with E-state index in [2.05, 4.69) is 15.0 Å². The maximum absolute atomic E-state index is 14.0. The lowest BCUT2D eigenvalue weighted by atomic mass is 10.1. The summed E-state index contributed by atoms with van der Waals surface area (Å²) in [5, 5.41) is 2.80. The van der Waals surface area contributed by atoms with Gasteiger partial charge in [0.25, 0.3) is 10.0 Å². The van der Waals surface area contributed by atoms with Crippen LogP contribution in [-0.2, 0) is 14.8 Å². The molecular formula is C21H24FN3O3S. The summed E-state index contributed by atoms with van der Waals surface area (Å²) in [4.78, 5) is 17.5. The van der Waals surface area contributed by atoms with Crippen molar-refractivity contribution in [3.05, 3.63) is 65.5 Å². The number of unbranched alkanes of at least 4 members (excludes halogenated alkanes) is 1. The summed E-state index contributed by atoms with van der Waals surface area (Å²) >= 11 is 0. The van der Waals surface area contributed by atoms with E-state index >= 15 is 0 Å². The van der Waals surface area contributed by atoms with Gasteiger partial charge in [0.05, 0.1) is 10.9 Å². The highest BCUT2D eigenvalue weighted by atomic mass is 32.2. The Hall–Kier alpha value is -2.74. The molecule has 1 aliphatic rings. The number of benzene rings is 2. The summed E-state index contributed by atoms with van der Waals surface area (Å²) in [5.41, 5.74) is 0.832. The predicted molar refractivity (Wildman–Crippen MR) is 110 cm³/mol. The first-order valence-corrected chi connectivity index (χ1v) is 11.1. The molecule has 0 radical (unpaired) electrons. The van der Waals surface area contributed by atoms with Crippen LogP contribution in [-0.4, -0.2) is 26.2 Å². The number of amidine groups is 1. The Morgan fingerprint density at radius 1 is 1.17 bits per heavy atom. The van der Waals surface area contributed by atoms with Crippen LogP contribution in [0.1, 0.15) is 50.3 Å². The quantitative estimate of drug-likeness (QED) is 0.725. The van der Waals surface area contributed by atoms with E-state index in [9.17, 15) is 17.6 Å². The van der Waals surface area contributed by atoms with Crippen LogP contribution in [0, 0.1) is 5.82 Å². The number of amides is 1. The zero-order valence-corrected chi connectivity index (χ0v) is 17.2. The van der Waals surface area contributed by atoms with Crippen LogP contribution in [0.15, 0.2) is 58.4 Å². The molecule has 2 aromatic rings. The van der Waals surface area contributed by atoms with E-state index in [1.165, 1.54) is 12.1 Å². The lowest BCUT2D eigenvalue weighted by Crippen LogP contribution is -2.37. The van der Waals surface area contributed by atoms with Crippen LogP contribution in [0.3, 0.4) is 0 Å². The third-order valence-electron chi connectivity index (χ3n) is 4.81. The molecule has 3 rings (SSSR count). The first-order valence-electron chi connectivity index (χ1n) is 9.58.